The third-order valence-electron chi connectivity index (χ3n) is 13.0. The molecule has 0 radical (unpaired) electrons. The smallest absolute Gasteiger partial charge is 0.319 e. The zero-order valence-corrected chi connectivity index (χ0v) is 41.5. The highest BCUT2D eigenvalue weighted by atomic mass is 35.5. The van der Waals surface area contributed by atoms with Gasteiger partial charge in [-0.15, -0.1) is 0 Å². The summed E-state index contributed by atoms with van der Waals surface area (Å²) in [5.74, 6) is -2.74. The van der Waals surface area contributed by atoms with E-state index in [-0.39, 0.29) is 48.9 Å². The van der Waals surface area contributed by atoms with Crippen molar-refractivity contribution in [2.75, 3.05) is 30.7 Å². The molecule has 10 rings (SSSR count). The number of aromatic nitrogens is 4. The Bertz CT molecular complexity index is 3310. The molecule has 5 N–H and O–H groups in total. The number of nitrogens with zero attached hydrogens (tertiary/aromatic N) is 6. The van der Waals surface area contributed by atoms with Crippen molar-refractivity contribution in [3.8, 4) is 28.5 Å². The number of H-pyrrole nitrogens is 1. The van der Waals surface area contributed by atoms with E-state index in [0.29, 0.717) is 46.4 Å². The van der Waals surface area contributed by atoms with Crippen molar-refractivity contribution in [2.24, 2.45) is 0 Å². The third-order valence-corrected chi connectivity index (χ3v) is 13.4. The number of nitrogens with one attached hydrogen (secondary N) is 3. The molecule has 1 unspecified atom stereocenters. The van der Waals surface area contributed by atoms with Crippen LogP contribution in [-0.4, -0.2) is 90.3 Å². The maximum absolute atomic E-state index is 15.1. The number of carbonyl (C=O) groups is 5. The Balaban J connectivity index is 0.000000247. The third kappa shape index (κ3) is 11.7. The van der Waals surface area contributed by atoms with Crippen LogP contribution in [-0.2, 0) is 34.0 Å². The summed E-state index contributed by atoms with van der Waals surface area (Å²) in [7, 11) is 0. The van der Waals surface area contributed by atoms with Gasteiger partial charge >= 0.3 is 6.03 Å². The highest BCUT2D eigenvalue weighted by molar-refractivity contribution is 6.31. The average Bonchev–Trinajstić information content (AvgIpc) is 4.00. The van der Waals surface area contributed by atoms with Gasteiger partial charge in [-0.2, -0.15) is 5.10 Å². The second-order valence-corrected chi connectivity index (χ2v) is 18.6. The molecule has 3 aliphatic rings. The number of carbonyl (C=O) groups excluding carboxylic acids is 5. The number of hydrogen-bond acceptors (Lipinski definition) is 11. The van der Waals surface area contributed by atoms with E-state index in [4.69, 9.17) is 26.8 Å². The molecule has 2 fully saturated rings. The van der Waals surface area contributed by atoms with E-state index in [2.05, 4.69) is 37.4 Å². The Hall–Kier alpha value is -8.71. The van der Waals surface area contributed by atoms with Gasteiger partial charge in [0, 0.05) is 60.0 Å². The van der Waals surface area contributed by atoms with Crippen LogP contribution in [0.5, 0.6) is 17.2 Å². The molecule has 7 aromatic rings. The summed E-state index contributed by atoms with van der Waals surface area (Å²) < 4.78 is 41.3. The van der Waals surface area contributed by atoms with Crippen LogP contribution < -0.4 is 25.8 Å². The molecule has 384 valence electrons. The number of para-hydroxylation sites is 1. The Morgan fingerprint density at radius 2 is 1.63 bits per heavy atom. The molecule has 0 spiro atoms. The van der Waals surface area contributed by atoms with Gasteiger partial charge in [0.1, 0.15) is 36.3 Å². The monoisotopic (exact) mass is 1040 g/mol. The number of aryl methyl sites for hydroxylation is 1. The number of rotatable bonds is 13. The second-order valence-electron chi connectivity index (χ2n) is 18.2. The van der Waals surface area contributed by atoms with Crippen molar-refractivity contribution in [3.05, 3.63) is 166 Å². The van der Waals surface area contributed by atoms with Crippen LogP contribution >= 0.6 is 11.6 Å². The molecule has 20 heteroatoms. The maximum atomic E-state index is 15.1. The first kappa shape index (κ1) is 51.2. The van der Waals surface area contributed by atoms with Crippen LogP contribution in [0.1, 0.15) is 64.7 Å². The Labute approximate surface area is 434 Å². The molecule has 0 aliphatic carbocycles. The molecule has 17 nitrogen and oxygen atoms in total. The molecular formula is C55H51ClF2N10O7. The lowest BCUT2D eigenvalue weighted by molar-refractivity contribution is -0.153. The van der Waals surface area contributed by atoms with Gasteiger partial charge in [-0.1, -0.05) is 54.6 Å². The molecule has 0 bridgehead atoms. The van der Waals surface area contributed by atoms with E-state index in [0.717, 1.165) is 75.6 Å². The zero-order chi connectivity index (χ0) is 52.8. The number of benzene rings is 5. The van der Waals surface area contributed by atoms with Gasteiger partial charge in [0.2, 0.25) is 5.91 Å². The van der Waals surface area contributed by atoms with E-state index in [1.165, 1.54) is 11.2 Å². The zero-order valence-electron chi connectivity index (χ0n) is 40.7. The van der Waals surface area contributed by atoms with Crippen LogP contribution in [0, 0.1) is 18.6 Å². The lowest BCUT2D eigenvalue weighted by Gasteiger charge is -2.35. The van der Waals surface area contributed by atoms with Crippen molar-refractivity contribution in [3.63, 3.8) is 0 Å². The topological polar surface area (TPSA) is 218 Å². The molecule has 3 aliphatic heterocycles. The molecule has 2 aromatic heterocycles. The van der Waals surface area contributed by atoms with Crippen LogP contribution in [0.4, 0.5) is 25.1 Å². The van der Waals surface area contributed by atoms with E-state index < -0.39 is 54.4 Å². The minimum Gasteiger partial charge on any atom is -0.483 e. The summed E-state index contributed by atoms with van der Waals surface area (Å²) in [4.78, 5) is 77.1. The van der Waals surface area contributed by atoms with Crippen LogP contribution in [0.15, 0.2) is 122 Å². The Morgan fingerprint density at radius 1 is 0.893 bits per heavy atom. The SMILES string of the molecule is C=C(COc1c(F)cc(CN2C(=O)CCC(N3Cc4cc(CNC(=O)Nc5ccc(C)c(Cl)c5)ccc4C3=O)C2=O)cc1F)C(=O)N1CCCCC1.Nc1ncnc2n[nH]c(-c3ccc(Oc4ccccc4)cc3)c12. The maximum Gasteiger partial charge on any atom is 0.319 e. The molecule has 2 saturated heterocycles. The largest absolute Gasteiger partial charge is 0.483 e. The van der Waals surface area contributed by atoms with Gasteiger partial charge in [0.05, 0.1) is 17.6 Å². The summed E-state index contributed by atoms with van der Waals surface area (Å²) in [5, 5.41) is 13.9. The first-order valence-corrected chi connectivity index (χ1v) is 24.5. The summed E-state index contributed by atoms with van der Waals surface area (Å²) in [5.41, 5.74) is 11.5. The number of imide groups is 1. The summed E-state index contributed by atoms with van der Waals surface area (Å²) in [6.45, 7) is 6.21. The van der Waals surface area contributed by atoms with Gasteiger partial charge in [-0.05, 0) is 122 Å². The normalized spacial score (nSPS) is 15.3. The van der Waals surface area contributed by atoms with Crippen molar-refractivity contribution < 1.29 is 42.2 Å². The fourth-order valence-corrected chi connectivity index (χ4v) is 9.21. The van der Waals surface area contributed by atoms with Gasteiger partial charge in [0.25, 0.3) is 17.7 Å². The lowest BCUT2D eigenvalue weighted by Crippen LogP contribution is -2.54. The summed E-state index contributed by atoms with van der Waals surface area (Å²) in [6.07, 6.45) is 4.24. The lowest BCUT2D eigenvalue weighted by atomic mass is 10.0. The first-order chi connectivity index (χ1) is 36.2. The summed E-state index contributed by atoms with van der Waals surface area (Å²) in [6, 6.07) is 28.2. The standard InChI is InChI=1S/C38H38ClF2N5O6.C17H13N5O/c1-22-6-8-27(17-29(22)39)43-38(51)42-18-24-7-9-28-26(14-24)20-45(36(28)49)32-10-11-33(47)46(37(32)50)19-25-15-30(40)34(31(41)16-25)52-21-23(2)35(48)44-12-4-3-5-13-44;18-16-14-15(21-22-17(14)20-10-19-16)11-6-8-13(9-7-11)23-12-4-2-1-3-5-12/h6-9,14-17,32H,2-5,10-13,18-21H2,1H3,(H2,42,43,51);1-10H,(H3,18,19,20,21,22). The van der Waals surface area contributed by atoms with E-state index in [9.17, 15) is 24.0 Å². The number of halogens is 3. The van der Waals surface area contributed by atoms with Crippen LogP contribution in [0.3, 0.4) is 0 Å². The fourth-order valence-electron chi connectivity index (χ4n) is 9.03. The molecule has 0 saturated carbocycles. The minimum atomic E-state index is -1.06. The number of anilines is 2. The molecule has 5 heterocycles. The Morgan fingerprint density at radius 3 is 2.36 bits per heavy atom. The molecule has 6 amide bonds. The number of piperidine rings is 2. The summed E-state index contributed by atoms with van der Waals surface area (Å²) >= 11 is 6.14. The number of urea groups is 1. The number of nitrogen functional groups attached to an aromatic ring is 1. The van der Waals surface area contributed by atoms with Crippen molar-refractivity contribution >= 4 is 63.8 Å². The second kappa shape index (κ2) is 22.6. The van der Waals surface area contributed by atoms with E-state index >= 15 is 8.78 Å². The van der Waals surface area contributed by atoms with E-state index in [1.54, 1.807) is 41.3 Å². The number of likely N-dealkylation sites (tertiary alicyclic amines) is 2. The van der Waals surface area contributed by atoms with Gasteiger partial charge in [-0.3, -0.25) is 29.2 Å². The predicted molar refractivity (Wildman–Crippen MR) is 276 cm³/mol. The molecule has 75 heavy (non-hydrogen) atoms. The van der Waals surface area contributed by atoms with Gasteiger partial charge < -0.3 is 35.6 Å². The fraction of sp³-hybridized carbons (Fsp3) is 0.236. The number of nitrogens with two attached hydrogens (primary N) is 1. The number of ether oxygens (including phenoxy) is 2. The molecular weight excluding hydrogens is 986 g/mol. The average molecular weight is 1040 g/mol. The highest BCUT2D eigenvalue weighted by Gasteiger charge is 2.43. The van der Waals surface area contributed by atoms with Crippen molar-refractivity contribution in [1.29, 1.82) is 0 Å². The number of amides is 6. The quantitative estimate of drug-likeness (QED) is 0.0630. The van der Waals surface area contributed by atoms with Crippen LogP contribution in [0.25, 0.3) is 22.3 Å². The van der Waals surface area contributed by atoms with Crippen LogP contribution in [0.2, 0.25) is 5.02 Å². The van der Waals surface area contributed by atoms with Crippen molar-refractivity contribution in [2.45, 2.75) is 64.7 Å². The number of fused-ring (bicyclic) bond motifs is 2. The highest BCUT2D eigenvalue weighted by Crippen LogP contribution is 2.33. The number of hydrogen-bond donors (Lipinski definition) is 4. The molecule has 5 aromatic carbocycles. The van der Waals surface area contributed by atoms with E-state index in [1.807, 2.05) is 61.5 Å². The molecule has 1 atom stereocenters. The van der Waals surface area contributed by atoms with Gasteiger partial charge in [0.15, 0.2) is 23.0 Å². The van der Waals surface area contributed by atoms with Gasteiger partial charge in [-0.25, -0.2) is 23.5 Å². The Kier molecular flexibility index (Phi) is 15.4. The van der Waals surface area contributed by atoms with Crippen molar-refractivity contribution in [1.82, 2.24) is 40.2 Å². The minimum absolute atomic E-state index is 0.00982. The predicted octanol–water partition coefficient (Wildman–Crippen LogP) is 9.26. The number of aromatic amines is 1. The first-order valence-electron chi connectivity index (χ1n) is 24.1.